The quantitative estimate of drug-likeness (QED) is 0.244. The molecule has 1 aliphatic heterocycles. The van der Waals surface area contributed by atoms with Crippen LogP contribution in [0.25, 0.3) is 0 Å². The first-order valence-corrected chi connectivity index (χ1v) is 11.9. The Kier molecular flexibility index (Phi) is 13.9. The van der Waals surface area contributed by atoms with Crippen molar-refractivity contribution in [3.8, 4) is 0 Å². The maximum Gasteiger partial charge on any atom is 0.101 e. The van der Waals surface area contributed by atoms with Crippen molar-refractivity contribution in [1.29, 1.82) is 0 Å². The molecular formula is C24H48N2. The maximum atomic E-state index is 2.63. The van der Waals surface area contributed by atoms with E-state index >= 15 is 0 Å². The molecule has 0 aromatic heterocycles. The van der Waals surface area contributed by atoms with Gasteiger partial charge in [-0.3, -0.25) is 0 Å². The summed E-state index contributed by atoms with van der Waals surface area (Å²) in [6.07, 6.45) is 26.3. The minimum absolute atomic E-state index is 0.611. The fourth-order valence-electron chi connectivity index (χ4n) is 4.12. The minimum atomic E-state index is 0.611. The van der Waals surface area contributed by atoms with Crippen LogP contribution in [0.5, 0.6) is 0 Å². The van der Waals surface area contributed by atoms with Gasteiger partial charge in [0.05, 0.1) is 0 Å². The molecule has 0 fully saturated rings. The summed E-state index contributed by atoms with van der Waals surface area (Å²) in [6.45, 7) is 10.5. The van der Waals surface area contributed by atoms with E-state index in [-0.39, 0.29) is 0 Å². The van der Waals surface area contributed by atoms with Crippen LogP contribution in [-0.2, 0) is 0 Å². The molecule has 0 saturated carbocycles. The summed E-state index contributed by atoms with van der Waals surface area (Å²) in [7, 11) is 0. The lowest BCUT2D eigenvalue weighted by Gasteiger charge is -2.35. The summed E-state index contributed by atoms with van der Waals surface area (Å²) in [6, 6.07) is 0.611. The molecule has 2 nitrogen and oxygen atoms in total. The summed E-state index contributed by atoms with van der Waals surface area (Å²) in [5.74, 6) is 0. The molecule has 1 rings (SSSR count). The van der Waals surface area contributed by atoms with Gasteiger partial charge in [0, 0.05) is 25.0 Å². The smallest absolute Gasteiger partial charge is 0.101 e. The topological polar surface area (TPSA) is 6.48 Å². The van der Waals surface area contributed by atoms with E-state index in [0.29, 0.717) is 12.2 Å². The van der Waals surface area contributed by atoms with Gasteiger partial charge in [-0.1, -0.05) is 90.9 Å². The molecule has 0 aliphatic carbocycles. The molecule has 0 saturated heterocycles. The first kappa shape index (κ1) is 23.4. The third-order valence-electron chi connectivity index (χ3n) is 5.84. The van der Waals surface area contributed by atoms with Crippen molar-refractivity contribution >= 4 is 0 Å². The Balaban J connectivity index is 2.21. The van der Waals surface area contributed by atoms with Crippen molar-refractivity contribution in [3.05, 3.63) is 12.4 Å². The van der Waals surface area contributed by atoms with Gasteiger partial charge in [0.2, 0.25) is 0 Å². The van der Waals surface area contributed by atoms with Crippen molar-refractivity contribution in [1.82, 2.24) is 9.80 Å². The Labute approximate surface area is 165 Å². The zero-order chi connectivity index (χ0) is 19.0. The minimum Gasteiger partial charge on any atom is -0.356 e. The largest absolute Gasteiger partial charge is 0.356 e. The van der Waals surface area contributed by atoms with Gasteiger partial charge in [-0.25, -0.2) is 0 Å². The van der Waals surface area contributed by atoms with Crippen molar-refractivity contribution < 1.29 is 0 Å². The second-order valence-electron chi connectivity index (χ2n) is 8.59. The molecule has 0 bridgehead atoms. The Morgan fingerprint density at radius 2 is 1.15 bits per heavy atom. The molecule has 0 aromatic rings. The van der Waals surface area contributed by atoms with E-state index in [1.807, 2.05) is 0 Å². The Bertz CT molecular complexity index is 337. The number of hydrogen-bond donors (Lipinski definition) is 0. The molecule has 1 atom stereocenters. The molecule has 2 heteroatoms. The van der Waals surface area contributed by atoms with Crippen LogP contribution in [0, 0.1) is 0 Å². The van der Waals surface area contributed by atoms with E-state index in [0.717, 1.165) is 0 Å². The van der Waals surface area contributed by atoms with Crippen molar-refractivity contribution in [3.63, 3.8) is 0 Å². The van der Waals surface area contributed by atoms with Gasteiger partial charge in [-0.15, -0.1) is 0 Å². The van der Waals surface area contributed by atoms with Crippen LogP contribution in [0.15, 0.2) is 12.4 Å². The summed E-state index contributed by atoms with van der Waals surface area (Å²) < 4.78 is 0. The van der Waals surface area contributed by atoms with Crippen molar-refractivity contribution in [2.24, 2.45) is 0 Å². The second-order valence-corrected chi connectivity index (χ2v) is 8.59. The molecule has 0 N–H and O–H groups in total. The lowest BCUT2D eigenvalue weighted by molar-refractivity contribution is 0.114. The number of rotatable bonds is 17. The molecule has 1 heterocycles. The Hall–Kier alpha value is -0.660. The monoisotopic (exact) mass is 364 g/mol. The highest BCUT2D eigenvalue weighted by molar-refractivity contribution is 4.98. The maximum absolute atomic E-state index is 2.63. The summed E-state index contributed by atoms with van der Waals surface area (Å²) in [5, 5.41) is 0. The highest BCUT2D eigenvalue weighted by atomic mass is 15.4. The van der Waals surface area contributed by atoms with E-state index in [1.165, 1.54) is 103 Å². The molecule has 154 valence electrons. The van der Waals surface area contributed by atoms with Crippen LogP contribution in [0.1, 0.15) is 124 Å². The average molecular weight is 365 g/mol. The number of unbranched alkanes of at least 4 members (excludes halogenated alkanes) is 12. The van der Waals surface area contributed by atoms with Crippen molar-refractivity contribution in [2.75, 3.05) is 6.54 Å². The lowest BCUT2D eigenvalue weighted by atomic mass is 10.1. The standard InChI is InChI=1S/C24H48N2/c1-5-7-9-11-13-14-16-18-20-25-21-22-26(23(3)4)24(25)19-17-15-12-10-8-6-2/h21-24H,5-20H2,1-4H3. The average Bonchev–Trinajstić information content (AvgIpc) is 3.03. The first-order valence-electron chi connectivity index (χ1n) is 11.9. The van der Waals surface area contributed by atoms with E-state index < -0.39 is 0 Å². The number of hydrogen-bond acceptors (Lipinski definition) is 2. The van der Waals surface area contributed by atoms with Crippen LogP contribution in [0.4, 0.5) is 0 Å². The van der Waals surface area contributed by atoms with Gasteiger partial charge in [-0.05, 0) is 33.1 Å². The molecular weight excluding hydrogens is 316 g/mol. The van der Waals surface area contributed by atoms with Crippen LogP contribution in [0.3, 0.4) is 0 Å². The van der Waals surface area contributed by atoms with Gasteiger partial charge in [0.15, 0.2) is 0 Å². The normalized spacial score (nSPS) is 17.0. The van der Waals surface area contributed by atoms with Crippen molar-refractivity contribution in [2.45, 2.75) is 136 Å². The first-order chi connectivity index (χ1) is 12.7. The van der Waals surface area contributed by atoms with E-state index in [9.17, 15) is 0 Å². The zero-order valence-electron chi connectivity index (χ0n) is 18.5. The predicted molar refractivity (Wildman–Crippen MR) is 117 cm³/mol. The summed E-state index contributed by atoms with van der Waals surface area (Å²) in [5.41, 5.74) is 0. The molecule has 1 unspecified atom stereocenters. The van der Waals surface area contributed by atoms with E-state index in [4.69, 9.17) is 0 Å². The third kappa shape index (κ3) is 9.88. The lowest BCUT2D eigenvalue weighted by Crippen LogP contribution is -2.42. The van der Waals surface area contributed by atoms with Crippen LogP contribution in [-0.4, -0.2) is 28.6 Å². The molecule has 0 radical (unpaired) electrons. The van der Waals surface area contributed by atoms with Gasteiger partial charge >= 0.3 is 0 Å². The predicted octanol–water partition coefficient (Wildman–Crippen LogP) is 7.70. The fourth-order valence-corrected chi connectivity index (χ4v) is 4.12. The zero-order valence-corrected chi connectivity index (χ0v) is 18.5. The molecule has 0 aromatic carbocycles. The Morgan fingerprint density at radius 3 is 1.69 bits per heavy atom. The third-order valence-corrected chi connectivity index (χ3v) is 5.84. The summed E-state index contributed by atoms with van der Waals surface area (Å²) >= 11 is 0. The van der Waals surface area contributed by atoms with E-state index in [1.54, 1.807) is 0 Å². The SMILES string of the molecule is CCCCCCCCCCN1C=CN(C(C)C)C1CCCCCCCC. The molecule has 1 aliphatic rings. The fraction of sp³-hybridized carbons (Fsp3) is 0.917. The Morgan fingerprint density at radius 1 is 0.654 bits per heavy atom. The van der Waals surface area contributed by atoms with Crippen LogP contribution < -0.4 is 0 Å². The van der Waals surface area contributed by atoms with Gasteiger partial charge < -0.3 is 9.80 Å². The number of nitrogens with zero attached hydrogens (tertiary/aromatic N) is 2. The highest BCUT2D eigenvalue weighted by Gasteiger charge is 2.26. The second kappa shape index (κ2) is 15.4. The molecule has 26 heavy (non-hydrogen) atoms. The molecule has 0 amide bonds. The van der Waals surface area contributed by atoms with E-state index in [2.05, 4.69) is 49.9 Å². The van der Waals surface area contributed by atoms with Gasteiger partial charge in [-0.2, -0.15) is 0 Å². The van der Waals surface area contributed by atoms with Crippen LogP contribution in [0.2, 0.25) is 0 Å². The highest BCUT2D eigenvalue weighted by Crippen LogP contribution is 2.24. The van der Waals surface area contributed by atoms with Gasteiger partial charge in [0.1, 0.15) is 6.17 Å². The van der Waals surface area contributed by atoms with Crippen LogP contribution >= 0.6 is 0 Å². The van der Waals surface area contributed by atoms with Gasteiger partial charge in [0.25, 0.3) is 0 Å². The summed E-state index contributed by atoms with van der Waals surface area (Å²) in [4.78, 5) is 5.21. The molecule has 0 spiro atoms.